The molecule has 0 aliphatic heterocycles. The predicted octanol–water partition coefficient (Wildman–Crippen LogP) is 2.40. The van der Waals surface area contributed by atoms with E-state index in [4.69, 9.17) is 11.6 Å². The van der Waals surface area contributed by atoms with Gasteiger partial charge in [0.1, 0.15) is 17.3 Å². The lowest BCUT2D eigenvalue weighted by Crippen LogP contribution is -2.12. The molecule has 0 spiro atoms. The van der Waals surface area contributed by atoms with Crippen LogP contribution in [0.3, 0.4) is 0 Å². The standard InChI is InChI=1S/C12H9ClN2O3/c13-7-3-4-14-11(5-7)15-12(18)9-6-8(16)1-2-10(9)17/h1-6,16-17H,(H,14,15,18). The Morgan fingerprint density at radius 1 is 1.22 bits per heavy atom. The highest BCUT2D eigenvalue weighted by atomic mass is 35.5. The highest BCUT2D eigenvalue weighted by Gasteiger charge is 2.12. The molecule has 1 aromatic heterocycles. The van der Waals surface area contributed by atoms with Crippen LogP contribution in [0.1, 0.15) is 10.4 Å². The van der Waals surface area contributed by atoms with Crippen molar-refractivity contribution in [1.29, 1.82) is 0 Å². The Kier molecular flexibility index (Phi) is 3.34. The number of amides is 1. The minimum atomic E-state index is -0.585. The Balaban J connectivity index is 2.24. The predicted molar refractivity (Wildman–Crippen MR) is 67.0 cm³/mol. The number of hydrogen-bond donors (Lipinski definition) is 3. The van der Waals surface area contributed by atoms with Crippen LogP contribution in [0, 0.1) is 0 Å². The SMILES string of the molecule is O=C(Nc1cc(Cl)ccn1)c1cc(O)ccc1O. The molecule has 0 atom stereocenters. The van der Waals surface area contributed by atoms with E-state index >= 15 is 0 Å². The van der Waals surface area contributed by atoms with Crippen molar-refractivity contribution >= 4 is 23.3 Å². The van der Waals surface area contributed by atoms with Crippen molar-refractivity contribution in [3.05, 3.63) is 47.1 Å². The number of carbonyl (C=O) groups is 1. The first-order valence-corrected chi connectivity index (χ1v) is 5.39. The van der Waals surface area contributed by atoms with E-state index in [0.717, 1.165) is 6.07 Å². The average Bonchev–Trinajstić information content (AvgIpc) is 2.32. The number of nitrogens with one attached hydrogen (secondary N) is 1. The minimum Gasteiger partial charge on any atom is -0.508 e. The van der Waals surface area contributed by atoms with Gasteiger partial charge in [-0.2, -0.15) is 0 Å². The topological polar surface area (TPSA) is 82.5 Å². The summed E-state index contributed by atoms with van der Waals surface area (Å²) in [7, 11) is 0. The molecule has 92 valence electrons. The van der Waals surface area contributed by atoms with E-state index in [2.05, 4.69) is 10.3 Å². The van der Waals surface area contributed by atoms with Gasteiger partial charge in [-0.05, 0) is 30.3 Å². The van der Waals surface area contributed by atoms with E-state index < -0.39 is 5.91 Å². The zero-order valence-corrected chi connectivity index (χ0v) is 9.85. The number of halogens is 1. The number of carbonyl (C=O) groups excluding carboxylic acids is 1. The second-order valence-electron chi connectivity index (χ2n) is 3.51. The van der Waals surface area contributed by atoms with Crippen molar-refractivity contribution in [2.24, 2.45) is 0 Å². The van der Waals surface area contributed by atoms with Crippen LogP contribution < -0.4 is 5.32 Å². The summed E-state index contributed by atoms with van der Waals surface area (Å²) in [5.74, 6) is -0.669. The highest BCUT2D eigenvalue weighted by molar-refractivity contribution is 6.30. The molecule has 1 amide bonds. The molecule has 2 aromatic rings. The maximum atomic E-state index is 11.8. The Hall–Kier alpha value is -2.27. The van der Waals surface area contributed by atoms with Crippen LogP contribution in [0.4, 0.5) is 5.82 Å². The summed E-state index contributed by atoms with van der Waals surface area (Å²) >= 11 is 5.75. The molecule has 0 aliphatic rings. The number of aromatic hydroxyl groups is 2. The molecule has 1 aromatic carbocycles. The zero-order chi connectivity index (χ0) is 13.1. The van der Waals surface area contributed by atoms with Gasteiger partial charge in [0, 0.05) is 11.2 Å². The molecule has 5 nitrogen and oxygen atoms in total. The summed E-state index contributed by atoms with van der Waals surface area (Å²) in [6, 6.07) is 6.72. The molecule has 0 fully saturated rings. The molecule has 3 N–H and O–H groups in total. The first-order valence-electron chi connectivity index (χ1n) is 5.01. The fraction of sp³-hybridized carbons (Fsp3) is 0. The van der Waals surface area contributed by atoms with Gasteiger partial charge in [-0.15, -0.1) is 0 Å². The van der Waals surface area contributed by atoms with Crippen LogP contribution in [0.5, 0.6) is 11.5 Å². The van der Waals surface area contributed by atoms with Gasteiger partial charge in [-0.25, -0.2) is 4.98 Å². The fourth-order valence-electron chi connectivity index (χ4n) is 1.36. The smallest absolute Gasteiger partial charge is 0.260 e. The molecule has 0 bridgehead atoms. The molecule has 0 saturated carbocycles. The summed E-state index contributed by atoms with van der Waals surface area (Å²) in [6.45, 7) is 0. The molecular formula is C12H9ClN2O3. The van der Waals surface area contributed by atoms with Gasteiger partial charge in [0.25, 0.3) is 5.91 Å². The van der Waals surface area contributed by atoms with Crippen LogP contribution in [0.25, 0.3) is 0 Å². The molecule has 0 saturated heterocycles. The Bertz CT molecular complexity index is 602. The summed E-state index contributed by atoms with van der Waals surface area (Å²) in [5, 5.41) is 21.7. The van der Waals surface area contributed by atoms with Crippen LogP contribution in [0.15, 0.2) is 36.5 Å². The average molecular weight is 265 g/mol. The summed E-state index contributed by atoms with van der Waals surface area (Å²) in [6.07, 6.45) is 1.44. The van der Waals surface area contributed by atoms with Crippen molar-refractivity contribution in [3.63, 3.8) is 0 Å². The third-order valence-electron chi connectivity index (χ3n) is 2.19. The number of hydrogen-bond acceptors (Lipinski definition) is 4. The molecular weight excluding hydrogens is 256 g/mol. The van der Waals surface area contributed by atoms with Crippen molar-refractivity contribution in [2.75, 3.05) is 5.32 Å². The number of phenolic OH excluding ortho intramolecular Hbond substituents is 2. The zero-order valence-electron chi connectivity index (χ0n) is 9.09. The summed E-state index contributed by atoms with van der Waals surface area (Å²) < 4.78 is 0. The monoisotopic (exact) mass is 264 g/mol. The van der Waals surface area contributed by atoms with Crippen LogP contribution in [-0.2, 0) is 0 Å². The Morgan fingerprint density at radius 2 is 2.00 bits per heavy atom. The molecule has 18 heavy (non-hydrogen) atoms. The van der Waals surface area contributed by atoms with Crippen LogP contribution in [-0.4, -0.2) is 21.1 Å². The second kappa shape index (κ2) is 4.93. The van der Waals surface area contributed by atoms with Crippen molar-refractivity contribution in [3.8, 4) is 11.5 Å². The van der Waals surface area contributed by atoms with Crippen LogP contribution in [0.2, 0.25) is 5.02 Å². The number of phenols is 2. The third-order valence-corrected chi connectivity index (χ3v) is 2.42. The van der Waals surface area contributed by atoms with E-state index in [-0.39, 0.29) is 22.9 Å². The van der Waals surface area contributed by atoms with Crippen molar-refractivity contribution < 1.29 is 15.0 Å². The summed E-state index contributed by atoms with van der Waals surface area (Å²) in [4.78, 5) is 15.7. The second-order valence-corrected chi connectivity index (χ2v) is 3.95. The molecule has 2 rings (SSSR count). The third kappa shape index (κ3) is 2.70. The van der Waals surface area contributed by atoms with Gasteiger partial charge in [0.05, 0.1) is 5.56 Å². The van der Waals surface area contributed by atoms with E-state index in [1.165, 1.54) is 24.4 Å². The van der Waals surface area contributed by atoms with Gasteiger partial charge >= 0.3 is 0 Å². The quantitative estimate of drug-likeness (QED) is 0.728. The lowest BCUT2D eigenvalue weighted by molar-refractivity contribution is 0.102. The Morgan fingerprint density at radius 3 is 2.72 bits per heavy atom. The number of pyridine rings is 1. The molecule has 0 radical (unpaired) electrons. The lowest BCUT2D eigenvalue weighted by Gasteiger charge is -2.06. The van der Waals surface area contributed by atoms with Crippen molar-refractivity contribution in [2.45, 2.75) is 0 Å². The van der Waals surface area contributed by atoms with E-state index in [9.17, 15) is 15.0 Å². The maximum Gasteiger partial charge on any atom is 0.260 e. The number of nitrogens with zero attached hydrogens (tertiary/aromatic N) is 1. The van der Waals surface area contributed by atoms with E-state index in [0.29, 0.717) is 5.02 Å². The first-order chi connectivity index (χ1) is 8.56. The van der Waals surface area contributed by atoms with Gasteiger partial charge < -0.3 is 15.5 Å². The molecule has 0 aliphatic carbocycles. The molecule has 6 heteroatoms. The lowest BCUT2D eigenvalue weighted by atomic mass is 10.2. The van der Waals surface area contributed by atoms with Gasteiger partial charge in [0.15, 0.2) is 0 Å². The number of aromatic nitrogens is 1. The van der Waals surface area contributed by atoms with Gasteiger partial charge in [0.2, 0.25) is 0 Å². The Labute approximate surface area is 108 Å². The van der Waals surface area contributed by atoms with E-state index in [1.54, 1.807) is 6.07 Å². The first kappa shape index (κ1) is 12.2. The normalized spacial score (nSPS) is 10.1. The maximum absolute atomic E-state index is 11.8. The number of benzene rings is 1. The largest absolute Gasteiger partial charge is 0.508 e. The highest BCUT2D eigenvalue weighted by Crippen LogP contribution is 2.23. The summed E-state index contributed by atoms with van der Waals surface area (Å²) in [5.41, 5.74) is -0.0447. The minimum absolute atomic E-state index is 0.0447. The molecule has 0 unspecified atom stereocenters. The van der Waals surface area contributed by atoms with Crippen molar-refractivity contribution in [1.82, 2.24) is 4.98 Å². The number of anilines is 1. The van der Waals surface area contributed by atoms with Crippen LogP contribution >= 0.6 is 11.6 Å². The fourth-order valence-corrected chi connectivity index (χ4v) is 1.52. The van der Waals surface area contributed by atoms with E-state index in [1.807, 2.05) is 0 Å². The van der Waals surface area contributed by atoms with Gasteiger partial charge in [-0.3, -0.25) is 4.79 Å². The van der Waals surface area contributed by atoms with Gasteiger partial charge in [-0.1, -0.05) is 11.6 Å². The molecule has 1 heterocycles. The number of rotatable bonds is 2.